The Bertz CT molecular complexity index is 268. The molecular weight excluding hydrogens is 186 g/mol. The van der Waals surface area contributed by atoms with E-state index in [0.717, 1.165) is 10.6 Å². The molecule has 0 aliphatic heterocycles. The molecule has 0 aliphatic rings. The highest BCUT2D eigenvalue weighted by molar-refractivity contribution is 7.99. The summed E-state index contributed by atoms with van der Waals surface area (Å²) in [5, 5.41) is 18.6. The van der Waals surface area contributed by atoms with Crippen molar-refractivity contribution in [2.24, 2.45) is 0 Å². The lowest BCUT2D eigenvalue weighted by atomic mass is 10.3. The van der Waals surface area contributed by atoms with Gasteiger partial charge in [0.1, 0.15) is 0 Å². The Morgan fingerprint density at radius 3 is 3.00 bits per heavy atom. The van der Waals surface area contributed by atoms with Gasteiger partial charge in [-0.15, -0.1) is 11.8 Å². The third kappa shape index (κ3) is 3.34. The minimum Gasteiger partial charge on any atom is -0.394 e. The highest BCUT2D eigenvalue weighted by atomic mass is 32.2. The van der Waals surface area contributed by atoms with Crippen molar-refractivity contribution in [3.8, 4) is 0 Å². The summed E-state index contributed by atoms with van der Waals surface area (Å²) >= 11 is 1.46. The van der Waals surface area contributed by atoms with E-state index < -0.39 is 6.10 Å². The standard InChI is InChI=1S/C9H13NO2S/c1-7-3-2-4-10-9(7)13-6-8(12)5-11/h2-4,8,11-12H,5-6H2,1H3. The smallest absolute Gasteiger partial charge is 0.0989 e. The van der Waals surface area contributed by atoms with Gasteiger partial charge in [-0.05, 0) is 18.6 Å². The summed E-state index contributed by atoms with van der Waals surface area (Å²) in [5.74, 6) is 0.481. The third-order valence-corrected chi connectivity index (χ3v) is 2.84. The number of pyridine rings is 1. The minimum atomic E-state index is -0.661. The molecular formula is C9H13NO2S. The van der Waals surface area contributed by atoms with Crippen LogP contribution >= 0.6 is 11.8 Å². The van der Waals surface area contributed by atoms with E-state index in [1.54, 1.807) is 6.20 Å². The number of aliphatic hydroxyl groups excluding tert-OH is 2. The topological polar surface area (TPSA) is 53.4 Å². The Morgan fingerprint density at radius 2 is 2.38 bits per heavy atom. The molecule has 0 spiro atoms. The minimum absolute atomic E-state index is 0.196. The number of aryl methyl sites for hydroxylation is 1. The summed E-state index contributed by atoms with van der Waals surface area (Å²) in [5.41, 5.74) is 1.10. The number of rotatable bonds is 4. The van der Waals surface area contributed by atoms with E-state index in [1.165, 1.54) is 11.8 Å². The van der Waals surface area contributed by atoms with Gasteiger partial charge in [-0.1, -0.05) is 6.07 Å². The summed E-state index contributed by atoms with van der Waals surface area (Å²) in [7, 11) is 0. The van der Waals surface area contributed by atoms with E-state index in [1.807, 2.05) is 19.1 Å². The van der Waals surface area contributed by atoms with Gasteiger partial charge >= 0.3 is 0 Å². The van der Waals surface area contributed by atoms with Gasteiger partial charge in [-0.2, -0.15) is 0 Å². The SMILES string of the molecule is Cc1cccnc1SCC(O)CO. The molecule has 0 fully saturated rings. The molecule has 1 aromatic heterocycles. The van der Waals surface area contributed by atoms with Crippen molar-refractivity contribution >= 4 is 11.8 Å². The van der Waals surface area contributed by atoms with Crippen LogP contribution in [-0.4, -0.2) is 33.7 Å². The molecule has 0 aliphatic carbocycles. The molecule has 1 atom stereocenters. The maximum Gasteiger partial charge on any atom is 0.0989 e. The lowest BCUT2D eigenvalue weighted by Crippen LogP contribution is -2.14. The first-order valence-corrected chi connectivity index (χ1v) is 5.06. The number of aromatic nitrogens is 1. The van der Waals surface area contributed by atoms with E-state index in [9.17, 15) is 0 Å². The van der Waals surface area contributed by atoms with Gasteiger partial charge in [-0.3, -0.25) is 0 Å². The molecule has 0 saturated heterocycles. The van der Waals surface area contributed by atoms with Crippen molar-refractivity contribution in [3.63, 3.8) is 0 Å². The van der Waals surface area contributed by atoms with Crippen molar-refractivity contribution in [3.05, 3.63) is 23.9 Å². The molecule has 0 amide bonds. The van der Waals surface area contributed by atoms with Crippen LogP contribution in [0.15, 0.2) is 23.4 Å². The van der Waals surface area contributed by atoms with Crippen molar-refractivity contribution in [2.45, 2.75) is 18.1 Å². The second kappa shape index (κ2) is 5.21. The average molecular weight is 199 g/mol. The third-order valence-electron chi connectivity index (χ3n) is 1.58. The van der Waals surface area contributed by atoms with Gasteiger partial charge in [0, 0.05) is 11.9 Å². The number of aliphatic hydroxyl groups is 2. The van der Waals surface area contributed by atoms with Crippen molar-refractivity contribution in [2.75, 3.05) is 12.4 Å². The van der Waals surface area contributed by atoms with Crippen molar-refractivity contribution < 1.29 is 10.2 Å². The molecule has 0 saturated carbocycles. The quantitative estimate of drug-likeness (QED) is 0.705. The first kappa shape index (κ1) is 10.5. The Morgan fingerprint density at radius 1 is 1.62 bits per heavy atom. The van der Waals surface area contributed by atoms with Crippen LogP contribution < -0.4 is 0 Å². The van der Waals surface area contributed by atoms with Gasteiger partial charge in [0.05, 0.1) is 17.7 Å². The van der Waals surface area contributed by atoms with Crippen LogP contribution in [0.25, 0.3) is 0 Å². The lowest BCUT2D eigenvalue weighted by molar-refractivity contribution is 0.113. The van der Waals surface area contributed by atoms with Crippen LogP contribution in [0.1, 0.15) is 5.56 Å². The molecule has 0 bridgehead atoms. The summed E-state index contributed by atoms with van der Waals surface area (Å²) < 4.78 is 0. The Kier molecular flexibility index (Phi) is 4.21. The van der Waals surface area contributed by atoms with Gasteiger partial charge < -0.3 is 10.2 Å². The average Bonchev–Trinajstić information content (AvgIpc) is 2.16. The van der Waals surface area contributed by atoms with Crippen LogP contribution in [0.2, 0.25) is 0 Å². The lowest BCUT2D eigenvalue weighted by Gasteiger charge is -2.07. The molecule has 3 nitrogen and oxygen atoms in total. The predicted octanol–water partition coefficient (Wildman–Crippen LogP) is 0.835. The Hall–Kier alpha value is -0.580. The largest absolute Gasteiger partial charge is 0.394 e. The molecule has 1 rings (SSSR count). The van der Waals surface area contributed by atoms with Crippen LogP contribution in [0.4, 0.5) is 0 Å². The monoisotopic (exact) mass is 199 g/mol. The summed E-state index contributed by atoms with van der Waals surface area (Å²) in [6, 6.07) is 3.85. The first-order valence-electron chi connectivity index (χ1n) is 4.07. The molecule has 1 aromatic rings. The molecule has 2 N–H and O–H groups in total. The number of nitrogens with zero attached hydrogens (tertiary/aromatic N) is 1. The zero-order chi connectivity index (χ0) is 9.68. The fraction of sp³-hybridized carbons (Fsp3) is 0.444. The van der Waals surface area contributed by atoms with Gasteiger partial charge in [0.15, 0.2) is 0 Å². The molecule has 13 heavy (non-hydrogen) atoms. The fourth-order valence-corrected chi connectivity index (χ4v) is 1.74. The van der Waals surface area contributed by atoms with Gasteiger partial charge in [0.2, 0.25) is 0 Å². The second-order valence-electron chi connectivity index (χ2n) is 2.77. The zero-order valence-electron chi connectivity index (χ0n) is 7.47. The number of hydrogen-bond donors (Lipinski definition) is 2. The number of thioether (sulfide) groups is 1. The maximum absolute atomic E-state index is 9.11. The second-order valence-corrected chi connectivity index (χ2v) is 3.78. The van der Waals surface area contributed by atoms with Gasteiger partial charge in [-0.25, -0.2) is 4.98 Å². The van der Waals surface area contributed by atoms with Crippen molar-refractivity contribution in [1.82, 2.24) is 4.98 Å². The normalized spacial score (nSPS) is 12.8. The molecule has 4 heteroatoms. The highest BCUT2D eigenvalue weighted by Gasteiger charge is 2.05. The summed E-state index contributed by atoms with van der Waals surface area (Å²) in [6.07, 6.45) is 1.06. The molecule has 0 radical (unpaired) electrons. The Labute approximate surface area is 81.8 Å². The van der Waals surface area contributed by atoms with Crippen LogP contribution in [-0.2, 0) is 0 Å². The zero-order valence-corrected chi connectivity index (χ0v) is 8.29. The van der Waals surface area contributed by atoms with Gasteiger partial charge in [0.25, 0.3) is 0 Å². The molecule has 1 heterocycles. The van der Waals surface area contributed by atoms with E-state index in [2.05, 4.69) is 4.98 Å². The first-order chi connectivity index (χ1) is 6.24. The molecule has 72 valence electrons. The van der Waals surface area contributed by atoms with E-state index >= 15 is 0 Å². The van der Waals surface area contributed by atoms with E-state index in [-0.39, 0.29) is 6.61 Å². The summed E-state index contributed by atoms with van der Waals surface area (Å²) in [6.45, 7) is 1.78. The van der Waals surface area contributed by atoms with E-state index in [0.29, 0.717) is 5.75 Å². The Balaban J connectivity index is 2.50. The molecule has 1 unspecified atom stereocenters. The van der Waals surface area contributed by atoms with Crippen LogP contribution in [0.3, 0.4) is 0 Å². The van der Waals surface area contributed by atoms with Crippen LogP contribution in [0, 0.1) is 6.92 Å². The maximum atomic E-state index is 9.11. The fourth-order valence-electron chi connectivity index (χ4n) is 0.850. The van der Waals surface area contributed by atoms with Crippen LogP contribution in [0.5, 0.6) is 0 Å². The predicted molar refractivity (Wildman–Crippen MR) is 52.8 cm³/mol. The number of hydrogen-bond acceptors (Lipinski definition) is 4. The van der Waals surface area contributed by atoms with Crippen molar-refractivity contribution in [1.29, 1.82) is 0 Å². The molecule has 0 aromatic carbocycles. The highest BCUT2D eigenvalue weighted by Crippen LogP contribution is 2.19. The summed E-state index contributed by atoms with van der Waals surface area (Å²) in [4.78, 5) is 4.15. The van der Waals surface area contributed by atoms with E-state index in [4.69, 9.17) is 10.2 Å².